The lowest BCUT2D eigenvalue weighted by Gasteiger charge is -2.23. The molecule has 0 radical (unpaired) electrons. The van der Waals surface area contributed by atoms with Gasteiger partial charge in [-0.25, -0.2) is 0 Å². The molecule has 3 heterocycles. The molecule has 2 atom stereocenters. The number of amides is 2. The van der Waals surface area contributed by atoms with E-state index >= 15 is 0 Å². The van der Waals surface area contributed by atoms with E-state index in [0.717, 1.165) is 35.3 Å². The summed E-state index contributed by atoms with van der Waals surface area (Å²) in [5.41, 5.74) is 3.98. The molecule has 2 bridgehead atoms. The molecule has 2 aromatic carbocycles. The van der Waals surface area contributed by atoms with E-state index in [1.54, 1.807) is 7.11 Å². The number of benzene rings is 2. The van der Waals surface area contributed by atoms with Gasteiger partial charge in [0.05, 0.1) is 13.0 Å². The zero-order valence-electron chi connectivity index (χ0n) is 15.7. The first-order chi connectivity index (χ1) is 13.0. The van der Waals surface area contributed by atoms with Gasteiger partial charge < -0.3 is 15.0 Å². The van der Waals surface area contributed by atoms with Crippen molar-refractivity contribution in [3.63, 3.8) is 0 Å². The topological polar surface area (TPSA) is 58.6 Å². The molecule has 0 aromatic heterocycles. The Balaban J connectivity index is 1.54. The van der Waals surface area contributed by atoms with Crippen molar-refractivity contribution in [1.82, 2.24) is 10.2 Å². The van der Waals surface area contributed by atoms with Crippen LogP contribution in [0.5, 0.6) is 5.75 Å². The maximum absolute atomic E-state index is 12.9. The van der Waals surface area contributed by atoms with Crippen molar-refractivity contribution in [3.05, 3.63) is 53.6 Å². The van der Waals surface area contributed by atoms with Gasteiger partial charge in [0.15, 0.2) is 0 Å². The molecular weight excluding hydrogens is 340 g/mol. The minimum Gasteiger partial charge on any atom is -0.497 e. The van der Waals surface area contributed by atoms with E-state index in [-0.39, 0.29) is 23.8 Å². The third-order valence-electron chi connectivity index (χ3n) is 5.63. The van der Waals surface area contributed by atoms with Crippen LogP contribution in [0, 0.1) is 12.8 Å². The fourth-order valence-corrected chi connectivity index (χ4v) is 4.07. The number of hydrogen-bond acceptors (Lipinski definition) is 3. The van der Waals surface area contributed by atoms with Crippen LogP contribution in [0.4, 0.5) is 0 Å². The van der Waals surface area contributed by atoms with Crippen LogP contribution in [-0.4, -0.2) is 43.0 Å². The van der Waals surface area contributed by atoms with E-state index in [1.165, 1.54) is 0 Å². The number of fused-ring (bicyclic) bond motifs is 4. The largest absolute Gasteiger partial charge is 0.497 e. The van der Waals surface area contributed by atoms with Crippen molar-refractivity contribution in [1.29, 1.82) is 0 Å². The lowest BCUT2D eigenvalue weighted by molar-refractivity contribution is -0.126. The molecule has 3 aliphatic heterocycles. The molecule has 3 fully saturated rings. The number of carbonyl (C=O) groups is 2. The summed E-state index contributed by atoms with van der Waals surface area (Å²) in [5, 5.41) is 3.02. The van der Waals surface area contributed by atoms with Crippen molar-refractivity contribution >= 4 is 11.8 Å². The Kier molecular flexibility index (Phi) is 4.60. The molecule has 5 rings (SSSR count). The van der Waals surface area contributed by atoms with E-state index in [9.17, 15) is 9.59 Å². The fraction of sp³-hybridized carbons (Fsp3) is 0.364. The van der Waals surface area contributed by atoms with Crippen LogP contribution < -0.4 is 10.1 Å². The molecule has 1 N–H and O–H groups in total. The van der Waals surface area contributed by atoms with E-state index in [1.807, 2.05) is 54.3 Å². The zero-order valence-corrected chi connectivity index (χ0v) is 15.7. The first kappa shape index (κ1) is 17.6. The summed E-state index contributed by atoms with van der Waals surface area (Å²) in [6.07, 6.45) is 1.83. The maximum Gasteiger partial charge on any atom is 0.253 e. The number of aryl methyl sites for hydroxylation is 1. The van der Waals surface area contributed by atoms with Crippen LogP contribution in [-0.2, 0) is 4.79 Å². The second-order valence-electron chi connectivity index (χ2n) is 7.45. The summed E-state index contributed by atoms with van der Waals surface area (Å²) < 4.78 is 5.26. The highest BCUT2D eigenvalue weighted by Gasteiger charge is 2.36. The fourth-order valence-electron chi connectivity index (χ4n) is 4.07. The van der Waals surface area contributed by atoms with Crippen molar-refractivity contribution in [3.8, 4) is 16.9 Å². The van der Waals surface area contributed by atoms with Crippen molar-refractivity contribution in [2.24, 2.45) is 5.92 Å². The van der Waals surface area contributed by atoms with Crippen molar-refractivity contribution < 1.29 is 14.3 Å². The third kappa shape index (κ3) is 3.42. The summed E-state index contributed by atoms with van der Waals surface area (Å²) in [7, 11) is 1.66. The van der Waals surface area contributed by atoms with E-state index in [4.69, 9.17) is 4.74 Å². The SMILES string of the molecule is COc1ccc(-c2ccc(C(=O)N3CC4CCC(C3)C(=O)N4)cc2)c(C)c1. The first-order valence-electron chi connectivity index (χ1n) is 9.40. The molecule has 0 aliphatic carbocycles. The van der Waals surface area contributed by atoms with Crippen LogP contribution in [0.15, 0.2) is 42.5 Å². The molecule has 2 aromatic rings. The van der Waals surface area contributed by atoms with Crippen LogP contribution in [0.1, 0.15) is 28.8 Å². The Labute approximate surface area is 159 Å². The van der Waals surface area contributed by atoms with E-state index < -0.39 is 0 Å². The number of methoxy groups -OCH3 is 1. The van der Waals surface area contributed by atoms with Crippen molar-refractivity contribution in [2.75, 3.05) is 20.2 Å². The molecular formula is C22H24N2O3. The Bertz CT molecular complexity index is 876. The average Bonchev–Trinajstić information content (AvgIpc) is 2.99. The van der Waals surface area contributed by atoms with Gasteiger partial charge in [-0.2, -0.15) is 0 Å². The lowest BCUT2D eigenvalue weighted by Crippen LogP contribution is -2.43. The number of hydrogen-bond donors (Lipinski definition) is 1. The second kappa shape index (κ2) is 7.06. The standard InChI is InChI=1S/C22H24N2O3/c1-14-11-19(27-2)9-10-20(14)15-3-5-16(6-4-15)22(26)24-12-17-7-8-18(13-24)23-21(17)25/h3-6,9-11,17-18H,7-8,12-13H2,1-2H3,(H,23,25). The maximum atomic E-state index is 12.9. The highest BCUT2D eigenvalue weighted by atomic mass is 16.5. The van der Waals surface area contributed by atoms with Gasteiger partial charge in [-0.05, 0) is 60.7 Å². The molecule has 2 amide bonds. The Morgan fingerprint density at radius 3 is 2.56 bits per heavy atom. The van der Waals surface area contributed by atoms with Crippen LogP contribution in [0.25, 0.3) is 11.1 Å². The van der Waals surface area contributed by atoms with Gasteiger partial charge in [-0.3, -0.25) is 9.59 Å². The minimum atomic E-state index is -0.0751. The van der Waals surface area contributed by atoms with Crippen LogP contribution in [0.2, 0.25) is 0 Å². The van der Waals surface area contributed by atoms with Gasteiger partial charge >= 0.3 is 0 Å². The van der Waals surface area contributed by atoms with E-state index in [2.05, 4.69) is 5.32 Å². The monoisotopic (exact) mass is 364 g/mol. The van der Waals surface area contributed by atoms with Crippen molar-refractivity contribution in [2.45, 2.75) is 25.8 Å². The first-order valence-corrected chi connectivity index (χ1v) is 9.40. The van der Waals surface area contributed by atoms with Gasteiger partial charge in [0.1, 0.15) is 5.75 Å². The molecule has 5 heteroatoms. The quantitative estimate of drug-likeness (QED) is 0.911. The van der Waals surface area contributed by atoms with Crippen LogP contribution in [0.3, 0.4) is 0 Å². The number of rotatable bonds is 3. The lowest BCUT2D eigenvalue weighted by atomic mass is 9.96. The molecule has 3 saturated heterocycles. The number of carbonyl (C=O) groups excluding carboxylic acids is 2. The molecule has 2 unspecified atom stereocenters. The van der Waals surface area contributed by atoms with E-state index in [0.29, 0.717) is 18.7 Å². The number of piperidine rings is 1. The van der Waals surface area contributed by atoms with Gasteiger partial charge in [0, 0.05) is 24.7 Å². The van der Waals surface area contributed by atoms with Gasteiger partial charge in [0.2, 0.25) is 5.91 Å². The Hall–Kier alpha value is -2.82. The zero-order chi connectivity index (χ0) is 19.0. The molecule has 3 aliphatic rings. The Morgan fingerprint density at radius 2 is 1.89 bits per heavy atom. The molecule has 27 heavy (non-hydrogen) atoms. The number of nitrogens with one attached hydrogen (secondary N) is 1. The Morgan fingerprint density at radius 1 is 1.11 bits per heavy atom. The van der Waals surface area contributed by atoms with Gasteiger partial charge in [-0.1, -0.05) is 18.2 Å². The average molecular weight is 364 g/mol. The molecule has 5 nitrogen and oxygen atoms in total. The summed E-state index contributed by atoms with van der Waals surface area (Å²) in [4.78, 5) is 26.8. The molecule has 0 saturated carbocycles. The normalized spacial score (nSPS) is 21.6. The summed E-state index contributed by atoms with van der Waals surface area (Å²) in [6.45, 7) is 3.16. The number of nitrogens with zero attached hydrogens (tertiary/aromatic N) is 1. The smallest absolute Gasteiger partial charge is 0.253 e. The van der Waals surface area contributed by atoms with Gasteiger partial charge in [-0.15, -0.1) is 0 Å². The molecule has 140 valence electrons. The highest BCUT2D eigenvalue weighted by Crippen LogP contribution is 2.28. The number of ether oxygens (including phenoxy) is 1. The summed E-state index contributed by atoms with van der Waals surface area (Å²) >= 11 is 0. The van der Waals surface area contributed by atoms with Crippen LogP contribution >= 0.6 is 0 Å². The highest BCUT2D eigenvalue weighted by molar-refractivity contribution is 5.95. The predicted molar refractivity (Wildman–Crippen MR) is 104 cm³/mol. The second-order valence-corrected chi connectivity index (χ2v) is 7.45. The summed E-state index contributed by atoms with van der Waals surface area (Å²) in [5.74, 6) is 0.851. The summed E-state index contributed by atoms with van der Waals surface area (Å²) in [6, 6.07) is 13.8. The molecule has 0 spiro atoms. The predicted octanol–water partition coefficient (Wildman–Crippen LogP) is 3.02. The third-order valence-corrected chi connectivity index (χ3v) is 5.63. The minimum absolute atomic E-state index is 0.00130. The van der Waals surface area contributed by atoms with Gasteiger partial charge in [0.25, 0.3) is 5.91 Å².